The van der Waals surface area contributed by atoms with Gasteiger partial charge in [-0.3, -0.25) is 14.4 Å². The molecule has 0 saturated heterocycles. The highest BCUT2D eigenvalue weighted by Crippen LogP contribution is 1.95. The molecule has 0 aliphatic carbocycles. The van der Waals surface area contributed by atoms with Gasteiger partial charge in [0.25, 0.3) is 0 Å². The van der Waals surface area contributed by atoms with Crippen LogP contribution in [0.1, 0.15) is 12.8 Å². The van der Waals surface area contributed by atoms with E-state index in [0.717, 1.165) is 0 Å². The summed E-state index contributed by atoms with van der Waals surface area (Å²) in [5.41, 5.74) is 0. The molecule has 0 atom stereocenters. The first kappa shape index (κ1) is 27.4. The Hall–Kier alpha value is -2.61. The molecule has 30 heavy (non-hydrogen) atoms. The molecule has 0 aromatic rings. The molecule has 172 valence electrons. The van der Waals surface area contributed by atoms with Crippen molar-refractivity contribution in [3.8, 4) is 0 Å². The summed E-state index contributed by atoms with van der Waals surface area (Å²) in [7, 11) is 0. The third kappa shape index (κ3) is 18.7. The molecule has 0 fully saturated rings. The normalized spacial score (nSPS) is 10.4. The maximum atomic E-state index is 11.2. The molecule has 0 spiro atoms. The van der Waals surface area contributed by atoms with Gasteiger partial charge in [-0.05, 0) is 0 Å². The molecule has 13 nitrogen and oxygen atoms in total. The summed E-state index contributed by atoms with van der Waals surface area (Å²) in [6.07, 6.45) is -0.699. The van der Waals surface area contributed by atoms with Crippen LogP contribution in [0.2, 0.25) is 0 Å². The number of nitrogens with one attached hydrogen (secondary N) is 1. The predicted octanol–water partition coefficient (Wildman–Crippen LogP) is -1.77. The fourth-order valence-electron chi connectivity index (χ4n) is 1.70. The molecule has 0 aromatic heterocycles. The van der Waals surface area contributed by atoms with Gasteiger partial charge in [-0.25, -0.2) is 9.59 Å². The molecular weight excluding hydrogens is 410 g/mol. The number of hydrogen-bond acceptors (Lipinski definition) is 10. The predicted molar refractivity (Wildman–Crippen MR) is 96.8 cm³/mol. The molecule has 0 rings (SSSR count). The van der Waals surface area contributed by atoms with E-state index in [1.165, 1.54) is 0 Å². The number of ketones is 1. The van der Waals surface area contributed by atoms with Gasteiger partial charge in [0.15, 0.2) is 0 Å². The molecule has 13 heteroatoms. The average molecular weight is 437 g/mol. The largest absolute Gasteiger partial charge is 0.480 e. The fourth-order valence-corrected chi connectivity index (χ4v) is 1.70. The Kier molecular flexibility index (Phi) is 16.8. The SMILES string of the molecule is O=C(O)COCC(=O)NCCOCCOCCOCCOC(=O)CCC(=O)C(=O)O. The van der Waals surface area contributed by atoms with Gasteiger partial charge in [-0.15, -0.1) is 0 Å². The van der Waals surface area contributed by atoms with Gasteiger partial charge < -0.3 is 39.2 Å². The van der Waals surface area contributed by atoms with Gasteiger partial charge in [0.1, 0.15) is 19.8 Å². The van der Waals surface area contributed by atoms with Crippen LogP contribution < -0.4 is 5.32 Å². The second kappa shape index (κ2) is 18.4. The Labute approximate surface area is 172 Å². The molecule has 1 amide bonds. The number of Topliss-reactive ketones (excluding diaryl/α,β-unsaturated/α-hetero) is 1. The molecule has 0 saturated carbocycles. The number of carboxylic acids is 2. The maximum absolute atomic E-state index is 11.2. The van der Waals surface area contributed by atoms with E-state index in [4.69, 9.17) is 29.2 Å². The Bertz CT molecular complexity index is 551. The summed E-state index contributed by atoms with van der Waals surface area (Å²) in [4.78, 5) is 53.8. The number of carbonyl (C=O) groups excluding carboxylic acids is 3. The average Bonchev–Trinajstić information content (AvgIpc) is 2.69. The molecular formula is C17H27NO12. The van der Waals surface area contributed by atoms with E-state index in [1.54, 1.807) is 0 Å². The minimum atomic E-state index is -1.58. The first-order valence-corrected chi connectivity index (χ1v) is 9.04. The number of ether oxygens (including phenoxy) is 5. The molecule has 0 unspecified atom stereocenters. The van der Waals surface area contributed by atoms with E-state index in [1.807, 2.05) is 0 Å². The number of carbonyl (C=O) groups is 5. The Morgan fingerprint density at radius 2 is 1.23 bits per heavy atom. The van der Waals surface area contributed by atoms with E-state index < -0.39 is 42.6 Å². The Morgan fingerprint density at radius 1 is 0.667 bits per heavy atom. The summed E-state index contributed by atoms with van der Waals surface area (Å²) in [6, 6.07) is 0. The third-order valence-corrected chi connectivity index (χ3v) is 3.06. The van der Waals surface area contributed by atoms with Crippen molar-refractivity contribution in [3.63, 3.8) is 0 Å². The van der Waals surface area contributed by atoms with Gasteiger partial charge in [-0.2, -0.15) is 0 Å². The Balaban J connectivity index is 3.30. The van der Waals surface area contributed by atoms with Crippen LogP contribution in [0, 0.1) is 0 Å². The minimum absolute atomic E-state index is 0.0176. The van der Waals surface area contributed by atoms with E-state index in [2.05, 4.69) is 10.1 Å². The number of amides is 1. The first-order chi connectivity index (χ1) is 14.3. The number of rotatable bonds is 20. The maximum Gasteiger partial charge on any atom is 0.372 e. The van der Waals surface area contributed by atoms with Crippen LogP contribution in [-0.2, 0) is 47.7 Å². The summed E-state index contributed by atoms with van der Waals surface area (Å²) in [5, 5.41) is 19.2. The van der Waals surface area contributed by atoms with Crippen molar-refractivity contribution in [1.29, 1.82) is 0 Å². The van der Waals surface area contributed by atoms with Crippen LogP contribution in [-0.4, -0.2) is 106 Å². The lowest BCUT2D eigenvalue weighted by Gasteiger charge is -2.08. The molecule has 0 bridgehead atoms. The van der Waals surface area contributed by atoms with Crippen molar-refractivity contribution < 1.29 is 57.9 Å². The van der Waals surface area contributed by atoms with Crippen molar-refractivity contribution in [2.24, 2.45) is 0 Å². The second-order valence-electron chi connectivity index (χ2n) is 5.52. The molecule has 3 N–H and O–H groups in total. The van der Waals surface area contributed by atoms with Crippen LogP contribution in [0.3, 0.4) is 0 Å². The zero-order valence-corrected chi connectivity index (χ0v) is 16.5. The van der Waals surface area contributed by atoms with Crippen LogP contribution in [0.15, 0.2) is 0 Å². The van der Waals surface area contributed by atoms with E-state index in [9.17, 15) is 24.0 Å². The molecule has 0 aromatic carbocycles. The lowest BCUT2D eigenvalue weighted by atomic mass is 10.2. The molecule has 0 heterocycles. The quantitative estimate of drug-likeness (QED) is 0.111. The molecule has 0 aliphatic heterocycles. The summed E-state index contributed by atoms with van der Waals surface area (Å²) in [6.45, 7) is 0.930. The van der Waals surface area contributed by atoms with Crippen molar-refractivity contribution in [3.05, 3.63) is 0 Å². The lowest BCUT2D eigenvalue weighted by molar-refractivity contribution is -0.151. The number of carboxylic acid groups (broad SMARTS) is 2. The smallest absolute Gasteiger partial charge is 0.372 e. The van der Waals surface area contributed by atoms with Gasteiger partial charge in [0, 0.05) is 13.0 Å². The zero-order valence-electron chi connectivity index (χ0n) is 16.5. The summed E-state index contributed by atoms with van der Waals surface area (Å²) in [5.74, 6) is -4.89. The topological polar surface area (TPSA) is 184 Å². The van der Waals surface area contributed by atoms with Crippen LogP contribution >= 0.6 is 0 Å². The monoisotopic (exact) mass is 437 g/mol. The van der Waals surface area contributed by atoms with Crippen LogP contribution in [0.25, 0.3) is 0 Å². The van der Waals surface area contributed by atoms with E-state index in [-0.39, 0.29) is 46.0 Å². The van der Waals surface area contributed by atoms with E-state index in [0.29, 0.717) is 19.8 Å². The van der Waals surface area contributed by atoms with Crippen molar-refractivity contribution in [2.45, 2.75) is 12.8 Å². The number of hydrogen-bond donors (Lipinski definition) is 3. The number of aliphatic carboxylic acids is 2. The second-order valence-corrected chi connectivity index (χ2v) is 5.52. The van der Waals surface area contributed by atoms with Crippen LogP contribution in [0.5, 0.6) is 0 Å². The summed E-state index contributed by atoms with van der Waals surface area (Å²) < 4.78 is 25.0. The zero-order chi connectivity index (χ0) is 22.6. The number of esters is 1. The van der Waals surface area contributed by atoms with E-state index >= 15 is 0 Å². The lowest BCUT2D eigenvalue weighted by Crippen LogP contribution is -2.31. The molecule has 0 aliphatic rings. The Morgan fingerprint density at radius 3 is 1.80 bits per heavy atom. The fraction of sp³-hybridized carbons (Fsp3) is 0.706. The highest BCUT2D eigenvalue weighted by Gasteiger charge is 2.14. The highest BCUT2D eigenvalue weighted by molar-refractivity contribution is 6.32. The van der Waals surface area contributed by atoms with Gasteiger partial charge >= 0.3 is 17.9 Å². The molecule has 0 radical (unpaired) electrons. The van der Waals surface area contributed by atoms with Crippen molar-refractivity contribution in [2.75, 3.05) is 66.0 Å². The van der Waals surface area contributed by atoms with Crippen molar-refractivity contribution >= 4 is 29.6 Å². The van der Waals surface area contributed by atoms with Gasteiger partial charge in [0.2, 0.25) is 11.7 Å². The third-order valence-electron chi connectivity index (χ3n) is 3.06. The summed E-state index contributed by atoms with van der Waals surface area (Å²) >= 11 is 0. The highest BCUT2D eigenvalue weighted by atomic mass is 16.6. The van der Waals surface area contributed by atoms with Crippen LogP contribution in [0.4, 0.5) is 0 Å². The minimum Gasteiger partial charge on any atom is -0.480 e. The first-order valence-electron chi connectivity index (χ1n) is 9.04. The van der Waals surface area contributed by atoms with Gasteiger partial charge in [-0.1, -0.05) is 0 Å². The van der Waals surface area contributed by atoms with Crippen molar-refractivity contribution in [1.82, 2.24) is 5.32 Å². The van der Waals surface area contributed by atoms with Gasteiger partial charge in [0.05, 0.1) is 46.1 Å². The standard InChI is InChI=1S/C17H27NO12/c19-13(17(24)25)1-2-16(23)30-10-9-28-8-7-27-6-5-26-4-3-18-14(20)11-29-12-15(21)22/h1-12H2,(H,18,20)(H,21,22)(H,24,25).